The molecule has 4 nitrogen and oxygen atoms in total. The zero-order valence-corrected chi connectivity index (χ0v) is 13.8. The second-order valence-corrected chi connectivity index (χ2v) is 6.65. The first-order valence-electron chi connectivity index (χ1n) is 7.31. The molecule has 2 aromatic rings. The summed E-state index contributed by atoms with van der Waals surface area (Å²) in [6.07, 6.45) is 0.960. The molecule has 1 aliphatic rings. The van der Waals surface area contributed by atoms with Crippen LogP contribution >= 0.6 is 11.3 Å². The lowest BCUT2D eigenvalue weighted by molar-refractivity contribution is 0.0789. The van der Waals surface area contributed by atoms with Gasteiger partial charge in [0.25, 0.3) is 5.91 Å². The Labute approximate surface area is 134 Å². The predicted octanol–water partition coefficient (Wildman–Crippen LogP) is 3.62. The van der Waals surface area contributed by atoms with E-state index in [1.807, 2.05) is 31.3 Å². The summed E-state index contributed by atoms with van der Waals surface area (Å²) in [7, 11) is 1.83. The van der Waals surface area contributed by atoms with Crippen molar-refractivity contribution < 1.29 is 14.3 Å². The van der Waals surface area contributed by atoms with Gasteiger partial charge in [0.05, 0.1) is 4.88 Å². The maximum absolute atomic E-state index is 12.5. The molecule has 0 saturated carbocycles. The molecule has 0 fully saturated rings. The lowest BCUT2D eigenvalue weighted by Crippen LogP contribution is -2.25. The molecule has 0 aliphatic carbocycles. The van der Waals surface area contributed by atoms with E-state index in [4.69, 9.17) is 9.47 Å². The minimum absolute atomic E-state index is 0.0606. The Morgan fingerprint density at radius 3 is 2.77 bits per heavy atom. The van der Waals surface area contributed by atoms with Gasteiger partial charge >= 0.3 is 0 Å². The van der Waals surface area contributed by atoms with E-state index in [-0.39, 0.29) is 12.7 Å². The molecule has 116 valence electrons. The van der Waals surface area contributed by atoms with Gasteiger partial charge in [0.1, 0.15) is 0 Å². The highest BCUT2D eigenvalue weighted by molar-refractivity contribution is 7.14. The summed E-state index contributed by atoms with van der Waals surface area (Å²) in [5.74, 6) is 1.57. The number of nitrogens with zero attached hydrogens (tertiary/aromatic N) is 1. The molecule has 0 atom stereocenters. The minimum Gasteiger partial charge on any atom is -0.454 e. The van der Waals surface area contributed by atoms with Gasteiger partial charge in [0, 0.05) is 18.5 Å². The fraction of sp³-hybridized carbons (Fsp3) is 0.353. The lowest BCUT2D eigenvalue weighted by atomic mass is 10.2. The summed E-state index contributed by atoms with van der Waals surface area (Å²) in [6.45, 7) is 4.99. The molecule has 0 unspecified atom stereocenters. The van der Waals surface area contributed by atoms with Gasteiger partial charge in [-0.15, -0.1) is 11.3 Å². The predicted molar refractivity (Wildman–Crippen MR) is 86.8 cm³/mol. The summed E-state index contributed by atoms with van der Waals surface area (Å²) >= 11 is 1.57. The standard InChI is InChI=1S/C17H19NO3S/c1-4-13-8-16(22-11(13)2)17(19)18(3)9-12-5-6-14-15(7-12)21-10-20-14/h5-8H,4,9-10H2,1-3H3. The third kappa shape index (κ3) is 2.81. The highest BCUT2D eigenvalue weighted by atomic mass is 32.1. The number of aryl methyl sites for hydroxylation is 2. The minimum atomic E-state index is 0.0606. The number of benzene rings is 1. The molecule has 22 heavy (non-hydrogen) atoms. The normalized spacial score (nSPS) is 12.5. The smallest absolute Gasteiger partial charge is 0.263 e. The van der Waals surface area contributed by atoms with E-state index in [1.165, 1.54) is 10.4 Å². The van der Waals surface area contributed by atoms with Crippen molar-refractivity contribution in [2.75, 3.05) is 13.8 Å². The van der Waals surface area contributed by atoms with Crippen molar-refractivity contribution >= 4 is 17.2 Å². The van der Waals surface area contributed by atoms with Gasteiger partial charge in [-0.25, -0.2) is 0 Å². The Kier molecular flexibility index (Phi) is 4.07. The Bertz CT molecular complexity index is 708. The SMILES string of the molecule is CCc1cc(C(=O)N(C)Cc2ccc3c(c2)OCO3)sc1C. The van der Waals surface area contributed by atoms with Crippen molar-refractivity contribution in [2.45, 2.75) is 26.8 Å². The van der Waals surface area contributed by atoms with Crippen LogP contribution in [0.4, 0.5) is 0 Å². The van der Waals surface area contributed by atoms with E-state index < -0.39 is 0 Å². The molecule has 1 aromatic carbocycles. The van der Waals surface area contributed by atoms with Gasteiger partial charge in [-0.3, -0.25) is 4.79 Å². The van der Waals surface area contributed by atoms with Crippen LogP contribution in [0.1, 0.15) is 32.6 Å². The molecular formula is C17H19NO3S. The summed E-state index contributed by atoms with van der Waals surface area (Å²) in [4.78, 5) is 16.3. The van der Waals surface area contributed by atoms with Crippen LogP contribution in [0.3, 0.4) is 0 Å². The van der Waals surface area contributed by atoms with E-state index in [0.29, 0.717) is 6.54 Å². The Balaban J connectivity index is 1.73. The number of carbonyl (C=O) groups is 1. The van der Waals surface area contributed by atoms with E-state index >= 15 is 0 Å². The van der Waals surface area contributed by atoms with Gasteiger partial charge < -0.3 is 14.4 Å². The summed E-state index contributed by atoms with van der Waals surface area (Å²) in [6, 6.07) is 7.80. The zero-order chi connectivity index (χ0) is 15.7. The Morgan fingerprint density at radius 1 is 1.27 bits per heavy atom. The molecule has 3 rings (SSSR count). The van der Waals surface area contributed by atoms with E-state index in [0.717, 1.165) is 28.4 Å². The molecule has 1 aliphatic heterocycles. The second-order valence-electron chi connectivity index (χ2n) is 5.39. The van der Waals surface area contributed by atoms with Crippen LogP contribution in [0.2, 0.25) is 0 Å². The van der Waals surface area contributed by atoms with Crippen LogP contribution in [0, 0.1) is 6.92 Å². The van der Waals surface area contributed by atoms with Crippen molar-refractivity contribution in [1.29, 1.82) is 0 Å². The Hall–Kier alpha value is -2.01. The number of rotatable bonds is 4. The summed E-state index contributed by atoms with van der Waals surface area (Å²) in [5, 5.41) is 0. The van der Waals surface area contributed by atoms with Crippen LogP contribution in [0.25, 0.3) is 0 Å². The van der Waals surface area contributed by atoms with Gasteiger partial charge in [-0.1, -0.05) is 13.0 Å². The average molecular weight is 317 g/mol. The molecule has 1 amide bonds. The molecule has 1 aromatic heterocycles. The summed E-state index contributed by atoms with van der Waals surface area (Å²) in [5.41, 5.74) is 2.29. The first kappa shape index (κ1) is 14.9. The van der Waals surface area contributed by atoms with Crippen molar-refractivity contribution in [3.8, 4) is 11.5 Å². The first-order chi connectivity index (χ1) is 10.6. The molecular weight excluding hydrogens is 298 g/mol. The first-order valence-corrected chi connectivity index (χ1v) is 8.13. The van der Waals surface area contributed by atoms with Gasteiger partial charge in [0.2, 0.25) is 6.79 Å². The molecule has 0 saturated heterocycles. The van der Waals surface area contributed by atoms with Crippen LogP contribution in [-0.2, 0) is 13.0 Å². The highest BCUT2D eigenvalue weighted by Crippen LogP contribution is 2.33. The van der Waals surface area contributed by atoms with E-state index in [9.17, 15) is 4.79 Å². The maximum Gasteiger partial charge on any atom is 0.263 e. The largest absolute Gasteiger partial charge is 0.454 e. The number of hydrogen-bond donors (Lipinski definition) is 0. The number of ether oxygens (including phenoxy) is 2. The number of fused-ring (bicyclic) bond motifs is 1. The van der Waals surface area contributed by atoms with Crippen LogP contribution < -0.4 is 9.47 Å². The van der Waals surface area contributed by atoms with Crippen molar-refractivity contribution in [3.05, 3.63) is 45.1 Å². The third-order valence-electron chi connectivity index (χ3n) is 3.82. The molecule has 0 radical (unpaired) electrons. The monoisotopic (exact) mass is 317 g/mol. The number of carbonyl (C=O) groups excluding carboxylic acids is 1. The number of amides is 1. The quantitative estimate of drug-likeness (QED) is 0.864. The topological polar surface area (TPSA) is 38.8 Å². The van der Waals surface area contributed by atoms with Gasteiger partial charge in [-0.05, 0) is 42.7 Å². The van der Waals surface area contributed by atoms with Crippen molar-refractivity contribution in [1.82, 2.24) is 4.90 Å². The maximum atomic E-state index is 12.5. The van der Waals surface area contributed by atoms with Crippen LogP contribution in [-0.4, -0.2) is 24.6 Å². The molecule has 2 heterocycles. The van der Waals surface area contributed by atoms with E-state index in [2.05, 4.69) is 13.8 Å². The zero-order valence-electron chi connectivity index (χ0n) is 13.0. The van der Waals surface area contributed by atoms with Crippen LogP contribution in [0.5, 0.6) is 11.5 Å². The van der Waals surface area contributed by atoms with Crippen molar-refractivity contribution in [3.63, 3.8) is 0 Å². The molecule has 5 heteroatoms. The molecule has 0 spiro atoms. The number of thiophene rings is 1. The second kappa shape index (κ2) is 6.01. The van der Waals surface area contributed by atoms with E-state index in [1.54, 1.807) is 16.2 Å². The molecule has 0 N–H and O–H groups in total. The van der Waals surface area contributed by atoms with Crippen molar-refractivity contribution in [2.24, 2.45) is 0 Å². The van der Waals surface area contributed by atoms with Crippen LogP contribution in [0.15, 0.2) is 24.3 Å². The molecule has 0 bridgehead atoms. The fourth-order valence-electron chi connectivity index (χ4n) is 2.55. The summed E-state index contributed by atoms with van der Waals surface area (Å²) < 4.78 is 10.7. The average Bonchev–Trinajstić information content (AvgIpc) is 3.11. The highest BCUT2D eigenvalue weighted by Gasteiger charge is 2.18. The third-order valence-corrected chi connectivity index (χ3v) is 4.90. The number of hydrogen-bond acceptors (Lipinski definition) is 4. The van der Waals surface area contributed by atoms with Gasteiger partial charge in [-0.2, -0.15) is 0 Å². The van der Waals surface area contributed by atoms with Gasteiger partial charge in [0.15, 0.2) is 11.5 Å². The lowest BCUT2D eigenvalue weighted by Gasteiger charge is -2.16. The Morgan fingerprint density at radius 2 is 2.05 bits per heavy atom. The fourth-order valence-corrected chi connectivity index (χ4v) is 3.66.